The maximum absolute atomic E-state index is 2.39. The van der Waals surface area contributed by atoms with E-state index in [1.165, 1.54) is 10.6 Å². The average Bonchev–Trinajstić information content (AvgIpc) is 2.32. The van der Waals surface area contributed by atoms with Crippen LogP contribution in [0.5, 0.6) is 0 Å². The number of thiophene rings is 1. The minimum Gasteiger partial charge on any atom is -0.180 e. The molecule has 0 saturated carbocycles. The minimum absolute atomic E-state index is 0.890. The molecule has 0 radical (unpaired) electrons. The molecule has 0 aromatic carbocycles. The molecule has 1 aromatic rings. The number of hydrogen-bond acceptors (Lipinski definition) is 2. The second kappa shape index (κ2) is 3.78. The molecule has 0 aliphatic carbocycles. The smallest absolute Gasteiger partial charge is 0.108 e. The Bertz CT molecular complexity index is 198. The van der Waals surface area contributed by atoms with Gasteiger partial charge in [-0.25, -0.2) is 0 Å². The molecule has 0 saturated heterocycles. The first-order chi connectivity index (χ1) is 5.08. The van der Waals surface area contributed by atoms with Gasteiger partial charge in [0.1, 0.15) is 7.22 Å². The Balaban J connectivity index is 2.35. The summed E-state index contributed by atoms with van der Waals surface area (Å²) in [5.74, 6) is 1.22. The van der Waals surface area contributed by atoms with E-state index in [0.717, 1.165) is 0 Å². The van der Waals surface area contributed by atoms with Gasteiger partial charge in [-0.2, -0.15) is 11.2 Å². The highest BCUT2D eigenvalue weighted by Crippen LogP contribution is 2.25. The Labute approximate surface area is 77.7 Å². The van der Waals surface area contributed by atoms with E-state index in [-0.39, 0.29) is 0 Å². The monoisotopic (exact) mass is 202 g/mol. The molecule has 0 atom stereocenters. The van der Waals surface area contributed by atoms with Gasteiger partial charge >= 0.3 is 0 Å². The SMILES string of the molecule is C[Si](C)(C)SCc1cccs1. The Hall–Kier alpha value is 0.267. The average molecular weight is 202 g/mol. The summed E-state index contributed by atoms with van der Waals surface area (Å²) in [5.41, 5.74) is 0. The van der Waals surface area contributed by atoms with Crippen molar-refractivity contribution in [2.45, 2.75) is 25.4 Å². The standard InChI is InChI=1S/C8H14S2Si/c1-11(2,3)10-7-8-5-4-6-9-8/h4-6H,7H2,1-3H3. The van der Waals surface area contributed by atoms with Gasteiger partial charge in [0.2, 0.25) is 0 Å². The zero-order chi connectivity index (χ0) is 8.32. The molecule has 1 rings (SSSR count). The Morgan fingerprint density at radius 3 is 2.64 bits per heavy atom. The summed E-state index contributed by atoms with van der Waals surface area (Å²) < 4.78 is 0. The summed E-state index contributed by atoms with van der Waals surface area (Å²) in [4.78, 5) is 1.51. The van der Waals surface area contributed by atoms with Crippen LogP contribution in [0.1, 0.15) is 4.88 Å². The van der Waals surface area contributed by atoms with Crippen molar-refractivity contribution < 1.29 is 0 Å². The number of rotatable bonds is 3. The first-order valence-corrected chi connectivity index (χ1v) is 9.83. The Morgan fingerprint density at radius 2 is 2.18 bits per heavy atom. The number of hydrogen-bond donors (Lipinski definition) is 0. The largest absolute Gasteiger partial charge is 0.180 e. The van der Waals surface area contributed by atoms with Crippen molar-refractivity contribution in [2.75, 3.05) is 0 Å². The lowest BCUT2D eigenvalue weighted by atomic mass is 10.5. The van der Waals surface area contributed by atoms with Gasteiger partial charge in [0, 0.05) is 10.6 Å². The molecular formula is C8H14S2Si. The van der Waals surface area contributed by atoms with E-state index in [0.29, 0.717) is 0 Å². The third-order valence-electron chi connectivity index (χ3n) is 1.23. The van der Waals surface area contributed by atoms with Gasteiger partial charge in [-0.1, -0.05) is 25.7 Å². The van der Waals surface area contributed by atoms with E-state index in [4.69, 9.17) is 0 Å². The zero-order valence-corrected chi connectivity index (χ0v) is 9.89. The first-order valence-electron chi connectivity index (χ1n) is 3.74. The van der Waals surface area contributed by atoms with Gasteiger partial charge < -0.3 is 0 Å². The molecule has 62 valence electrons. The zero-order valence-electron chi connectivity index (χ0n) is 7.26. The van der Waals surface area contributed by atoms with Crippen LogP contribution in [-0.2, 0) is 5.75 Å². The molecule has 0 aliphatic rings. The molecule has 0 nitrogen and oxygen atoms in total. The van der Waals surface area contributed by atoms with E-state index in [9.17, 15) is 0 Å². The molecular weight excluding hydrogens is 188 g/mol. The Morgan fingerprint density at radius 1 is 1.45 bits per heavy atom. The summed E-state index contributed by atoms with van der Waals surface area (Å²) in [6.45, 7) is 7.18. The van der Waals surface area contributed by atoms with Crippen molar-refractivity contribution in [3.8, 4) is 0 Å². The van der Waals surface area contributed by atoms with Crippen molar-refractivity contribution >= 4 is 29.8 Å². The van der Waals surface area contributed by atoms with Crippen molar-refractivity contribution in [3.63, 3.8) is 0 Å². The van der Waals surface area contributed by atoms with Crippen LogP contribution in [0.3, 0.4) is 0 Å². The van der Waals surface area contributed by atoms with Gasteiger partial charge in [0.05, 0.1) is 0 Å². The lowest BCUT2D eigenvalue weighted by Crippen LogP contribution is -2.13. The second-order valence-corrected chi connectivity index (χ2v) is 13.9. The summed E-state index contributed by atoms with van der Waals surface area (Å²) >= 11 is 4.01. The van der Waals surface area contributed by atoms with Crippen molar-refractivity contribution in [3.05, 3.63) is 22.4 Å². The van der Waals surface area contributed by atoms with E-state index < -0.39 is 7.22 Å². The molecule has 0 fully saturated rings. The molecule has 0 aliphatic heterocycles. The van der Waals surface area contributed by atoms with Crippen LogP contribution < -0.4 is 0 Å². The molecule has 1 aromatic heterocycles. The van der Waals surface area contributed by atoms with Crippen LogP contribution in [0.15, 0.2) is 17.5 Å². The third kappa shape index (κ3) is 3.99. The maximum atomic E-state index is 2.39. The lowest BCUT2D eigenvalue weighted by molar-refractivity contribution is 1.56. The molecule has 0 amide bonds. The van der Waals surface area contributed by atoms with E-state index in [1.807, 2.05) is 11.3 Å². The van der Waals surface area contributed by atoms with E-state index in [1.54, 1.807) is 0 Å². The summed E-state index contributed by atoms with van der Waals surface area (Å²) in [5, 5.41) is 2.15. The second-order valence-electron chi connectivity index (χ2n) is 3.48. The third-order valence-corrected chi connectivity index (χ3v) is 6.64. The van der Waals surface area contributed by atoms with Gasteiger partial charge in [-0.3, -0.25) is 0 Å². The van der Waals surface area contributed by atoms with Gasteiger partial charge in [-0.05, 0) is 11.4 Å². The predicted octanol–water partition coefficient (Wildman–Crippen LogP) is 3.82. The molecule has 3 heteroatoms. The van der Waals surface area contributed by atoms with Gasteiger partial charge in [-0.15, -0.1) is 11.3 Å². The summed E-state index contributed by atoms with van der Waals surface area (Å²) in [6, 6.07) is 4.35. The normalized spacial score (nSPS) is 11.9. The quantitative estimate of drug-likeness (QED) is 0.672. The fourth-order valence-electron chi connectivity index (χ4n) is 0.682. The highest BCUT2D eigenvalue weighted by atomic mass is 32.4. The van der Waals surface area contributed by atoms with E-state index >= 15 is 0 Å². The summed E-state index contributed by atoms with van der Waals surface area (Å²) in [6.07, 6.45) is 0. The van der Waals surface area contributed by atoms with Crippen molar-refractivity contribution in [1.29, 1.82) is 0 Å². The molecule has 0 bridgehead atoms. The maximum Gasteiger partial charge on any atom is 0.108 e. The van der Waals surface area contributed by atoms with Crippen LogP contribution in [0, 0.1) is 0 Å². The van der Waals surface area contributed by atoms with Crippen molar-refractivity contribution in [1.82, 2.24) is 0 Å². The molecule has 0 N–H and O–H groups in total. The fourth-order valence-corrected chi connectivity index (χ4v) is 4.37. The summed E-state index contributed by atoms with van der Waals surface area (Å²) in [7, 11) is -0.890. The molecule has 11 heavy (non-hydrogen) atoms. The first kappa shape index (κ1) is 9.36. The highest BCUT2D eigenvalue weighted by Gasteiger charge is 2.13. The lowest BCUT2D eigenvalue weighted by Gasteiger charge is -2.13. The molecule has 0 spiro atoms. The highest BCUT2D eigenvalue weighted by molar-refractivity contribution is 8.28. The molecule has 0 unspecified atom stereocenters. The topological polar surface area (TPSA) is 0 Å². The van der Waals surface area contributed by atoms with Gasteiger partial charge in [0.15, 0.2) is 0 Å². The van der Waals surface area contributed by atoms with Crippen molar-refractivity contribution in [2.24, 2.45) is 0 Å². The van der Waals surface area contributed by atoms with Crippen LogP contribution in [0.2, 0.25) is 19.6 Å². The predicted molar refractivity (Wildman–Crippen MR) is 59.0 cm³/mol. The van der Waals surface area contributed by atoms with E-state index in [2.05, 4.69) is 48.4 Å². The van der Waals surface area contributed by atoms with Crippen LogP contribution >= 0.6 is 22.5 Å². The fraction of sp³-hybridized carbons (Fsp3) is 0.500. The minimum atomic E-state index is -0.890. The van der Waals surface area contributed by atoms with Gasteiger partial charge in [0.25, 0.3) is 0 Å². The molecule has 1 heterocycles. The van der Waals surface area contributed by atoms with Crippen LogP contribution in [0.25, 0.3) is 0 Å². The Kier molecular flexibility index (Phi) is 3.22. The van der Waals surface area contributed by atoms with Crippen LogP contribution in [0.4, 0.5) is 0 Å². The van der Waals surface area contributed by atoms with Crippen LogP contribution in [-0.4, -0.2) is 7.22 Å².